The summed E-state index contributed by atoms with van der Waals surface area (Å²) in [6.45, 7) is 3.55. The summed E-state index contributed by atoms with van der Waals surface area (Å²) in [5.41, 5.74) is -0.191. The summed E-state index contributed by atoms with van der Waals surface area (Å²) in [5, 5.41) is 8.45. The first kappa shape index (κ1) is 17.5. The standard InChI is InChI=1S/C15H16F3N5OS/c1-9(7-23-12(15(16,17)18)5-10(2)21-23)6-19-13(24)11-8-22-3-4-25-14(22)20-11/h3-5,8-9H,6-7H2,1-2H3,(H,19,24). The molecule has 1 atom stereocenters. The van der Waals surface area contributed by atoms with E-state index < -0.39 is 11.9 Å². The Morgan fingerprint density at radius 2 is 2.20 bits per heavy atom. The molecular weight excluding hydrogens is 355 g/mol. The summed E-state index contributed by atoms with van der Waals surface area (Å²) in [5.74, 6) is -0.580. The summed E-state index contributed by atoms with van der Waals surface area (Å²) >= 11 is 1.41. The van der Waals surface area contributed by atoms with Gasteiger partial charge in [-0.25, -0.2) is 4.98 Å². The van der Waals surface area contributed by atoms with Gasteiger partial charge in [0.25, 0.3) is 5.91 Å². The number of carbonyl (C=O) groups is 1. The van der Waals surface area contributed by atoms with E-state index in [0.29, 0.717) is 10.7 Å². The third-order valence-corrected chi connectivity index (χ3v) is 4.38. The summed E-state index contributed by atoms with van der Waals surface area (Å²) in [7, 11) is 0. The van der Waals surface area contributed by atoms with Crippen molar-refractivity contribution in [1.82, 2.24) is 24.5 Å². The Morgan fingerprint density at radius 1 is 1.44 bits per heavy atom. The van der Waals surface area contributed by atoms with Crippen molar-refractivity contribution in [2.75, 3.05) is 6.54 Å². The Morgan fingerprint density at radius 3 is 2.88 bits per heavy atom. The number of alkyl halides is 3. The number of imidazole rings is 1. The van der Waals surface area contributed by atoms with E-state index in [9.17, 15) is 18.0 Å². The molecule has 0 aromatic carbocycles. The van der Waals surface area contributed by atoms with Crippen molar-refractivity contribution in [3.8, 4) is 0 Å². The molecule has 0 fully saturated rings. The van der Waals surface area contributed by atoms with Crippen LogP contribution in [0.5, 0.6) is 0 Å². The number of nitrogens with zero attached hydrogens (tertiary/aromatic N) is 4. The van der Waals surface area contributed by atoms with E-state index >= 15 is 0 Å². The highest BCUT2D eigenvalue weighted by Crippen LogP contribution is 2.30. The third-order valence-electron chi connectivity index (χ3n) is 3.61. The lowest BCUT2D eigenvalue weighted by Crippen LogP contribution is -2.31. The maximum Gasteiger partial charge on any atom is 0.433 e. The molecule has 3 heterocycles. The minimum atomic E-state index is -4.45. The van der Waals surface area contributed by atoms with E-state index in [4.69, 9.17) is 0 Å². The molecule has 3 rings (SSSR count). The molecule has 1 unspecified atom stereocenters. The SMILES string of the molecule is Cc1cc(C(F)(F)F)n(CC(C)CNC(=O)c2cn3ccsc3n2)n1. The zero-order chi connectivity index (χ0) is 18.2. The predicted molar refractivity (Wildman–Crippen MR) is 86.5 cm³/mol. The fourth-order valence-electron chi connectivity index (χ4n) is 2.47. The smallest absolute Gasteiger partial charge is 0.350 e. The fourth-order valence-corrected chi connectivity index (χ4v) is 3.17. The first-order valence-electron chi connectivity index (χ1n) is 7.56. The Kier molecular flexibility index (Phi) is 4.55. The minimum absolute atomic E-state index is 0.0568. The van der Waals surface area contributed by atoms with Crippen LogP contribution in [0.25, 0.3) is 4.96 Å². The number of hydrogen-bond acceptors (Lipinski definition) is 4. The second kappa shape index (κ2) is 6.51. The van der Waals surface area contributed by atoms with Gasteiger partial charge < -0.3 is 5.32 Å². The lowest BCUT2D eigenvalue weighted by Gasteiger charge is -2.15. The Hall–Kier alpha value is -2.36. The monoisotopic (exact) mass is 371 g/mol. The minimum Gasteiger partial charge on any atom is -0.350 e. The molecule has 0 spiro atoms. The lowest BCUT2D eigenvalue weighted by molar-refractivity contribution is -0.144. The van der Waals surface area contributed by atoms with Gasteiger partial charge in [0.1, 0.15) is 11.4 Å². The molecule has 1 amide bonds. The molecule has 3 aromatic heterocycles. The second-order valence-corrected chi connectivity index (χ2v) is 6.76. The molecule has 0 radical (unpaired) electrons. The van der Waals surface area contributed by atoms with Crippen LogP contribution in [0.2, 0.25) is 0 Å². The first-order valence-corrected chi connectivity index (χ1v) is 8.44. The van der Waals surface area contributed by atoms with Gasteiger partial charge in [-0.2, -0.15) is 18.3 Å². The number of halogens is 3. The molecule has 10 heteroatoms. The molecule has 134 valence electrons. The largest absolute Gasteiger partial charge is 0.433 e. The molecule has 0 aliphatic carbocycles. The van der Waals surface area contributed by atoms with Gasteiger partial charge in [0, 0.05) is 30.9 Å². The van der Waals surface area contributed by atoms with Crippen molar-refractivity contribution in [3.05, 3.63) is 40.9 Å². The van der Waals surface area contributed by atoms with Gasteiger partial charge in [-0.1, -0.05) is 6.92 Å². The van der Waals surface area contributed by atoms with E-state index in [1.54, 1.807) is 23.7 Å². The molecule has 0 aliphatic rings. The zero-order valence-electron chi connectivity index (χ0n) is 13.5. The van der Waals surface area contributed by atoms with E-state index in [1.165, 1.54) is 18.3 Å². The number of carbonyl (C=O) groups excluding carboxylic acids is 1. The normalized spacial score (nSPS) is 13.3. The molecule has 1 N–H and O–H groups in total. The Labute approximate surface area is 145 Å². The quantitative estimate of drug-likeness (QED) is 0.750. The fraction of sp³-hybridized carbons (Fsp3) is 0.400. The zero-order valence-corrected chi connectivity index (χ0v) is 14.4. The van der Waals surface area contributed by atoms with Crippen LogP contribution in [0.15, 0.2) is 23.8 Å². The van der Waals surface area contributed by atoms with Crippen molar-refractivity contribution in [2.45, 2.75) is 26.6 Å². The van der Waals surface area contributed by atoms with Gasteiger partial charge >= 0.3 is 6.18 Å². The molecule has 0 aliphatic heterocycles. The van der Waals surface area contributed by atoms with E-state index in [2.05, 4.69) is 15.4 Å². The molecule has 0 saturated heterocycles. The third kappa shape index (κ3) is 3.84. The maximum absolute atomic E-state index is 13.0. The van der Waals surface area contributed by atoms with Crippen LogP contribution in [0, 0.1) is 12.8 Å². The number of rotatable bonds is 5. The van der Waals surface area contributed by atoms with Crippen LogP contribution < -0.4 is 5.32 Å². The van der Waals surface area contributed by atoms with Crippen molar-refractivity contribution < 1.29 is 18.0 Å². The van der Waals surface area contributed by atoms with Crippen molar-refractivity contribution in [1.29, 1.82) is 0 Å². The van der Waals surface area contributed by atoms with Crippen LogP contribution in [0.3, 0.4) is 0 Å². The lowest BCUT2D eigenvalue weighted by atomic mass is 10.2. The Bertz CT molecular complexity index is 866. The Balaban J connectivity index is 1.60. The summed E-state index contributed by atoms with van der Waals surface area (Å²) in [6.07, 6.45) is -1.04. The molecular formula is C15H16F3N5OS. The highest BCUT2D eigenvalue weighted by molar-refractivity contribution is 7.15. The van der Waals surface area contributed by atoms with Crippen molar-refractivity contribution in [2.24, 2.45) is 5.92 Å². The van der Waals surface area contributed by atoms with Gasteiger partial charge in [-0.05, 0) is 18.9 Å². The first-order chi connectivity index (χ1) is 11.7. The molecule has 25 heavy (non-hydrogen) atoms. The number of aryl methyl sites for hydroxylation is 1. The number of fused-ring (bicyclic) bond motifs is 1. The number of thiazole rings is 1. The van der Waals surface area contributed by atoms with Gasteiger partial charge in [-0.15, -0.1) is 11.3 Å². The van der Waals surface area contributed by atoms with Gasteiger partial charge in [-0.3, -0.25) is 13.9 Å². The predicted octanol–water partition coefficient (Wildman–Crippen LogP) is 2.99. The van der Waals surface area contributed by atoms with Gasteiger partial charge in [0.05, 0.1) is 5.69 Å². The molecule has 3 aromatic rings. The average molecular weight is 371 g/mol. The maximum atomic E-state index is 13.0. The summed E-state index contributed by atoms with van der Waals surface area (Å²) < 4.78 is 41.6. The van der Waals surface area contributed by atoms with Crippen LogP contribution in [-0.2, 0) is 12.7 Å². The van der Waals surface area contributed by atoms with Crippen LogP contribution in [0.4, 0.5) is 13.2 Å². The van der Waals surface area contributed by atoms with Gasteiger partial charge in [0.2, 0.25) is 0 Å². The topological polar surface area (TPSA) is 64.2 Å². The second-order valence-electron chi connectivity index (χ2n) is 5.89. The molecule has 6 nitrogen and oxygen atoms in total. The highest BCUT2D eigenvalue weighted by Gasteiger charge is 2.35. The van der Waals surface area contributed by atoms with E-state index in [-0.39, 0.29) is 30.6 Å². The van der Waals surface area contributed by atoms with Crippen LogP contribution >= 0.6 is 11.3 Å². The summed E-state index contributed by atoms with van der Waals surface area (Å²) in [6, 6.07) is 1.02. The number of hydrogen-bond donors (Lipinski definition) is 1. The van der Waals surface area contributed by atoms with Crippen molar-refractivity contribution in [3.63, 3.8) is 0 Å². The highest BCUT2D eigenvalue weighted by atomic mass is 32.1. The van der Waals surface area contributed by atoms with Crippen molar-refractivity contribution >= 4 is 22.2 Å². The van der Waals surface area contributed by atoms with E-state index in [0.717, 1.165) is 10.7 Å². The number of aromatic nitrogens is 4. The summed E-state index contributed by atoms with van der Waals surface area (Å²) in [4.78, 5) is 17.0. The number of amides is 1. The number of nitrogens with one attached hydrogen (secondary N) is 1. The molecule has 0 saturated carbocycles. The molecule has 0 bridgehead atoms. The van der Waals surface area contributed by atoms with Gasteiger partial charge in [0.15, 0.2) is 4.96 Å². The van der Waals surface area contributed by atoms with Crippen LogP contribution in [-0.4, -0.2) is 31.6 Å². The van der Waals surface area contributed by atoms with E-state index in [1.807, 2.05) is 5.38 Å². The average Bonchev–Trinajstić information content (AvgIpc) is 3.18. The van der Waals surface area contributed by atoms with Crippen LogP contribution in [0.1, 0.15) is 28.8 Å².